The van der Waals surface area contributed by atoms with E-state index in [1.165, 1.54) is 19.5 Å². The molecule has 0 spiro atoms. The lowest BCUT2D eigenvalue weighted by molar-refractivity contribution is 0.0602. The molecule has 0 radical (unpaired) electrons. The van der Waals surface area contributed by atoms with Crippen LogP contribution < -0.4 is 5.56 Å². The maximum atomic E-state index is 12.1. The van der Waals surface area contributed by atoms with Crippen molar-refractivity contribution >= 4 is 27.6 Å². The maximum absolute atomic E-state index is 12.1. The molecule has 0 aliphatic rings. The van der Waals surface area contributed by atoms with Gasteiger partial charge < -0.3 is 9.94 Å². The van der Waals surface area contributed by atoms with E-state index in [0.29, 0.717) is 21.0 Å². The number of ether oxygens (including phenoxy) is 1. The van der Waals surface area contributed by atoms with Crippen molar-refractivity contribution in [1.82, 2.24) is 9.71 Å². The minimum Gasteiger partial charge on any atom is -0.465 e. The number of benzene rings is 1. The van der Waals surface area contributed by atoms with Gasteiger partial charge in [-0.25, -0.2) is 4.79 Å². The Hall–Kier alpha value is -2.89. The van der Waals surface area contributed by atoms with Crippen LogP contribution in [0.1, 0.15) is 10.4 Å². The van der Waals surface area contributed by atoms with Crippen LogP contribution >= 0.6 is 0 Å². The van der Waals surface area contributed by atoms with Gasteiger partial charge in [0, 0.05) is 23.2 Å². The van der Waals surface area contributed by atoms with E-state index < -0.39 is 11.5 Å². The summed E-state index contributed by atoms with van der Waals surface area (Å²) in [6.45, 7) is 0. The van der Waals surface area contributed by atoms with E-state index in [4.69, 9.17) is 4.74 Å². The summed E-state index contributed by atoms with van der Waals surface area (Å²) in [6.07, 6.45) is 2.67. The molecule has 1 aromatic carbocycles. The third-order valence-corrected chi connectivity index (χ3v) is 3.18. The van der Waals surface area contributed by atoms with Crippen LogP contribution in [0.4, 0.5) is 0 Å². The van der Waals surface area contributed by atoms with Gasteiger partial charge in [0.25, 0.3) is 5.56 Å². The molecule has 3 rings (SSSR count). The molecule has 2 heterocycles. The highest BCUT2D eigenvalue weighted by Gasteiger charge is 2.17. The van der Waals surface area contributed by atoms with Crippen molar-refractivity contribution in [3.63, 3.8) is 0 Å². The Kier molecular flexibility index (Phi) is 2.64. The fourth-order valence-electron chi connectivity index (χ4n) is 2.27. The minimum absolute atomic E-state index is 0.161. The molecule has 0 amide bonds. The summed E-state index contributed by atoms with van der Waals surface area (Å²) >= 11 is 0. The Bertz CT molecular complexity index is 899. The van der Waals surface area contributed by atoms with E-state index >= 15 is 0 Å². The van der Waals surface area contributed by atoms with Gasteiger partial charge in [-0.1, -0.05) is 18.2 Å². The Morgan fingerprint density at radius 3 is 2.75 bits per heavy atom. The first-order valence-electron chi connectivity index (χ1n) is 5.84. The summed E-state index contributed by atoms with van der Waals surface area (Å²) in [6, 6.07) is 6.76. The molecule has 0 saturated heterocycles. The van der Waals surface area contributed by atoms with Crippen LogP contribution in [-0.4, -0.2) is 28.0 Å². The second-order valence-corrected chi connectivity index (χ2v) is 4.24. The maximum Gasteiger partial charge on any atom is 0.340 e. The fraction of sp³-hybridized carbons (Fsp3) is 0.0714. The van der Waals surface area contributed by atoms with Gasteiger partial charge in [-0.3, -0.25) is 9.78 Å². The van der Waals surface area contributed by atoms with Gasteiger partial charge in [0.05, 0.1) is 23.6 Å². The van der Waals surface area contributed by atoms with E-state index in [1.54, 1.807) is 24.3 Å². The monoisotopic (exact) mass is 270 g/mol. The van der Waals surface area contributed by atoms with Crippen LogP contribution in [0.15, 0.2) is 41.5 Å². The molecule has 0 aliphatic heterocycles. The zero-order valence-corrected chi connectivity index (χ0v) is 10.5. The largest absolute Gasteiger partial charge is 0.465 e. The number of esters is 1. The van der Waals surface area contributed by atoms with Gasteiger partial charge in [-0.15, -0.1) is 4.73 Å². The molecule has 100 valence electrons. The number of para-hydroxylation sites is 1. The topological polar surface area (TPSA) is 81.4 Å². The lowest BCUT2D eigenvalue weighted by atomic mass is 10.0. The van der Waals surface area contributed by atoms with Crippen LogP contribution in [0.25, 0.3) is 21.7 Å². The van der Waals surface area contributed by atoms with Crippen LogP contribution in [0, 0.1) is 0 Å². The highest BCUT2D eigenvalue weighted by atomic mass is 16.5. The molecule has 0 fully saturated rings. The summed E-state index contributed by atoms with van der Waals surface area (Å²) in [5, 5.41) is 11.1. The van der Waals surface area contributed by atoms with Gasteiger partial charge in [-0.2, -0.15) is 0 Å². The molecule has 0 unspecified atom stereocenters. The normalized spacial score (nSPS) is 10.8. The second-order valence-electron chi connectivity index (χ2n) is 4.24. The Labute approximate surface area is 112 Å². The SMILES string of the molecule is COC(=O)c1cncc2c(=O)n(O)c3ccccc3c12. The predicted octanol–water partition coefficient (Wildman–Crippen LogP) is 1.57. The summed E-state index contributed by atoms with van der Waals surface area (Å²) in [5.74, 6) is -0.580. The average Bonchev–Trinajstić information content (AvgIpc) is 2.51. The van der Waals surface area contributed by atoms with Crippen LogP contribution in [0.3, 0.4) is 0 Å². The van der Waals surface area contributed by atoms with Crippen molar-refractivity contribution in [2.75, 3.05) is 7.11 Å². The van der Waals surface area contributed by atoms with Crippen molar-refractivity contribution < 1.29 is 14.7 Å². The molecule has 1 N–H and O–H groups in total. The van der Waals surface area contributed by atoms with E-state index in [2.05, 4.69) is 4.98 Å². The van der Waals surface area contributed by atoms with Gasteiger partial charge in [0.1, 0.15) is 0 Å². The number of carbonyl (C=O) groups excluding carboxylic acids is 1. The average molecular weight is 270 g/mol. The first-order chi connectivity index (χ1) is 9.65. The number of fused-ring (bicyclic) bond motifs is 3. The summed E-state index contributed by atoms with van der Waals surface area (Å²) in [5.41, 5.74) is -0.114. The molecule has 3 aromatic rings. The number of methoxy groups -OCH3 is 1. The summed E-state index contributed by atoms with van der Waals surface area (Å²) in [4.78, 5) is 27.8. The molecular formula is C14H10N2O4. The van der Waals surface area contributed by atoms with Gasteiger partial charge in [-0.05, 0) is 6.07 Å². The Morgan fingerprint density at radius 2 is 2.00 bits per heavy atom. The van der Waals surface area contributed by atoms with Gasteiger partial charge in [0.15, 0.2) is 0 Å². The number of rotatable bonds is 1. The number of hydrogen-bond acceptors (Lipinski definition) is 5. The summed E-state index contributed by atoms with van der Waals surface area (Å²) in [7, 11) is 1.26. The van der Waals surface area contributed by atoms with Crippen LogP contribution in [0.5, 0.6) is 0 Å². The fourth-order valence-corrected chi connectivity index (χ4v) is 2.27. The Balaban J connectivity index is 2.64. The third-order valence-electron chi connectivity index (χ3n) is 3.18. The Morgan fingerprint density at radius 1 is 1.25 bits per heavy atom. The zero-order valence-electron chi connectivity index (χ0n) is 10.5. The number of aromatic nitrogens is 2. The summed E-state index contributed by atoms with van der Waals surface area (Å²) < 4.78 is 5.27. The third kappa shape index (κ3) is 1.55. The molecule has 6 heteroatoms. The van der Waals surface area contributed by atoms with Crippen molar-refractivity contribution in [2.45, 2.75) is 0 Å². The lowest BCUT2D eigenvalue weighted by Crippen LogP contribution is -2.19. The standard InChI is InChI=1S/C14H10N2O4/c1-20-14(18)10-7-15-6-9-12(10)8-4-2-3-5-11(8)16(19)13(9)17/h2-7,19H,1H3. The van der Waals surface area contributed by atoms with Crippen LogP contribution in [-0.2, 0) is 4.74 Å². The van der Waals surface area contributed by atoms with Crippen molar-refractivity contribution in [1.29, 1.82) is 0 Å². The molecule has 20 heavy (non-hydrogen) atoms. The van der Waals surface area contributed by atoms with Crippen molar-refractivity contribution in [2.24, 2.45) is 0 Å². The lowest BCUT2D eigenvalue weighted by Gasteiger charge is -2.09. The number of nitrogens with zero attached hydrogens (tertiary/aromatic N) is 2. The number of pyridine rings is 2. The van der Waals surface area contributed by atoms with Crippen molar-refractivity contribution in [3.05, 3.63) is 52.6 Å². The second kappa shape index (κ2) is 4.34. The van der Waals surface area contributed by atoms with E-state index in [1.807, 2.05) is 0 Å². The van der Waals surface area contributed by atoms with Crippen LogP contribution in [0.2, 0.25) is 0 Å². The van der Waals surface area contributed by atoms with E-state index in [9.17, 15) is 14.8 Å². The first-order valence-corrected chi connectivity index (χ1v) is 5.84. The molecule has 0 aliphatic carbocycles. The van der Waals surface area contributed by atoms with E-state index in [-0.39, 0.29) is 10.9 Å². The highest BCUT2D eigenvalue weighted by molar-refractivity contribution is 6.15. The molecule has 6 nitrogen and oxygen atoms in total. The molecule has 2 aromatic heterocycles. The molecule has 0 bridgehead atoms. The molecule has 0 atom stereocenters. The zero-order chi connectivity index (χ0) is 14.3. The van der Waals surface area contributed by atoms with Gasteiger partial charge >= 0.3 is 5.97 Å². The quantitative estimate of drug-likeness (QED) is 0.412. The number of carbonyl (C=O) groups is 1. The number of hydrogen-bond donors (Lipinski definition) is 1. The smallest absolute Gasteiger partial charge is 0.340 e. The highest BCUT2D eigenvalue weighted by Crippen LogP contribution is 2.25. The van der Waals surface area contributed by atoms with Gasteiger partial charge in [0.2, 0.25) is 0 Å². The van der Waals surface area contributed by atoms with Crippen molar-refractivity contribution in [3.8, 4) is 0 Å². The predicted molar refractivity (Wildman–Crippen MR) is 72.0 cm³/mol. The minimum atomic E-state index is -0.628. The first kappa shape index (κ1) is 12.2. The van der Waals surface area contributed by atoms with E-state index in [0.717, 1.165) is 0 Å². The molecular weight excluding hydrogens is 260 g/mol. The molecule has 0 saturated carbocycles.